The van der Waals surface area contributed by atoms with Crippen LogP contribution in [0.2, 0.25) is 15.5 Å². The molecule has 19 nitrogen and oxygen atoms in total. The van der Waals surface area contributed by atoms with E-state index < -0.39 is 37.9 Å². The van der Waals surface area contributed by atoms with Gasteiger partial charge in [0.05, 0.1) is 65.1 Å². The molecule has 0 unspecified atom stereocenters. The van der Waals surface area contributed by atoms with Gasteiger partial charge in [0.1, 0.15) is 15.9 Å². The van der Waals surface area contributed by atoms with Gasteiger partial charge in [0.15, 0.2) is 11.0 Å². The molecule has 90 heavy (non-hydrogen) atoms. The third-order valence-electron chi connectivity index (χ3n) is 14.4. The van der Waals surface area contributed by atoms with Crippen LogP contribution in [-0.4, -0.2) is 72.1 Å². The van der Waals surface area contributed by atoms with Gasteiger partial charge in [-0.1, -0.05) is 85.2 Å². The number of rotatable bonds is 7. The molecule has 0 saturated carbocycles. The second-order valence-corrected chi connectivity index (χ2v) is 37.3. The van der Waals surface area contributed by atoms with Gasteiger partial charge in [-0.15, -0.1) is 0 Å². The van der Waals surface area contributed by atoms with Crippen molar-refractivity contribution in [1.29, 1.82) is 0 Å². The molecule has 14 rings (SSSR count). The number of hydrogen-bond acceptors (Lipinski definition) is 14. The number of halogens is 11. The van der Waals surface area contributed by atoms with Crippen LogP contribution in [0.5, 0.6) is 11.5 Å². The molecule has 5 aliphatic rings. The number of nitro groups is 2. The summed E-state index contributed by atoms with van der Waals surface area (Å²) >= 11 is 31.7. The van der Waals surface area contributed by atoms with Crippen LogP contribution in [0.15, 0.2) is 132 Å². The van der Waals surface area contributed by atoms with E-state index in [0.717, 1.165) is 61.1 Å². The molecule has 0 amide bonds. The molecule has 0 bridgehead atoms. The van der Waals surface area contributed by atoms with E-state index in [0.29, 0.717) is 42.8 Å². The molecule has 0 fully saturated rings. The molecular formula is C60H57Cl4F2I5N13O6-. The first-order valence-corrected chi connectivity index (χ1v) is 47.3. The van der Waals surface area contributed by atoms with Crippen molar-refractivity contribution in [3.8, 4) is 11.5 Å². The molecule has 0 saturated heterocycles. The molecule has 476 valence electrons. The number of nitrogens with two attached hydrogens (primary N) is 1. The zero-order valence-electron chi connectivity index (χ0n) is 47.0. The van der Waals surface area contributed by atoms with Crippen LogP contribution in [0.4, 0.5) is 31.5 Å². The van der Waals surface area contributed by atoms with Crippen molar-refractivity contribution in [2.24, 2.45) is 9.98 Å². The van der Waals surface area contributed by atoms with E-state index in [1.54, 1.807) is 6.07 Å². The summed E-state index contributed by atoms with van der Waals surface area (Å²) < 4.78 is 44.0. The van der Waals surface area contributed by atoms with Crippen LogP contribution in [0.3, 0.4) is 0 Å². The summed E-state index contributed by atoms with van der Waals surface area (Å²) in [6.07, 6.45) is 19.3. The fourth-order valence-corrected chi connectivity index (χ4v) is 11.5. The van der Waals surface area contributed by atoms with Crippen molar-refractivity contribution >= 4 is 199 Å². The van der Waals surface area contributed by atoms with Crippen LogP contribution in [-0.2, 0) is 38.9 Å². The zero-order valence-corrected chi connectivity index (χ0v) is 60.8. The first-order valence-electron chi connectivity index (χ1n) is 26.9. The normalized spacial score (nSPS) is 13.7. The smallest absolute Gasteiger partial charge is 0.0512 e. The van der Waals surface area contributed by atoms with Gasteiger partial charge in [-0.25, -0.2) is 15.0 Å². The first kappa shape index (κ1) is 72.3. The molecular weight excluding hydrogens is 1810 g/mol. The summed E-state index contributed by atoms with van der Waals surface area (Å²) in [4.78, 5) is 35.5. The van der Waals surface area contributed by atoms with E-state index in [4.69, 9.17) is 56.9 Å². The van der Waals surface area contributed by atoms with Crippen LogP contribution >= 0.6 is 121 Å². The Labute approximate surface area is 590 Å². The molecule has 5 aliphatic heterocycles. The zero-order chi connectivity index (χ0) is 63.9. The number of nitrogens with one attached hydrogen (secondary N) is 3. The Hall–Kier alpha value is -5.11. The van der Waals surface area contributed by atoms with Gasteiger partial charge < -0.3 is 44.9 Å². The summed E-state index contributed by atoms with van der Waals surface area (Å²) in [5.74, 6) is -1.65. The number of guanidine groups is 1. The maximum Gasteiger partial charge on any atom is 0.0512 e. The molecule has 5 N–H and O–H groups in total. The second-order valence-electron chi connectivity index (χ2n) is 19.6. The number of amidine groups is 1. The van der Waals surface area contributed by atoms with Crippen LogP contribution in [0.1, 0.15) is 54.5 Å². The molecule has 4 aromatic heterocycles. The number of ether oxygens (including phenoxy) is 2. The SMILES string of the molecule is C.COc1c(N)cc([N+](=O)[O-])c(F)c1Cl.COc1cc(F)c([N+](=O)[O-])cc1NC1=NCC=C(c2cn3c4c(cccc24)CCC3)N1.ClC1=NCC=C(c2cn3c4c(cccc24)CCC3)N1.Clc1ccnc(Cl)n1.II.I[I-]I.c1cc2c3c(c1)ccn3CCC2. The minimum Gasteiger partial charge on any atom is -0.347 e. The largest absolute Gasteiger partial charge is 0.347 e. The van der Waals surface area contributed by atoms with Gasteiger partial charge in [0.2, 0.25) is 22.9 Å². The Morgan fingerprint density at radius 1 is 0.711 bits per heavy atom. The second kappa shape index (κ2) is 34.7. The van der Waals surface area contributed by atoms with Crippen molar-refractivity contribution in [2.45, 2.75) is 65.6 Å². The first-order chi connectivity index (χ1) is 43.0. The van der Waals surface area contributed by atoms with Gasteiger partial charge in [-0.2, -0.15) is 8.78 Å². The van der Waals surface area contributed by atoms with Crippen molar-refractivity contribution in [2.75, 3.05) is 38.4 Å². The monoisotopic (exact) mass is 1870 g/mol. The van der Waals surface area contributed by atoms with Gasteiger partial charge in [0.25, 0.3) is 0 Å². The number of benzene rings is 5. The summed E-state index contributed by atoms with van der Waals surface area (Å²) in [5.41, 5.74) is 16.8. The van der Waals surface area contributed by atoms with Gasteiger partial charge in [0, 0.05) is 133 Å². The minimum atomic E-state index is -1.15. The number of methoxy groups -OCH3 is 2. The summed E-state index contributed by atoms with van der Waals surface area (Å²) in [6, 6.07) is 26.3. The van der Waals surface area contributed by atoms with E-state index in [-0.39, 0.29) is 35.6 Å². The Kier molecular flexibility index (Phi) is 27.9. The fraction of sp³-hybridized carbons (Fsp3) is 0.233. The number of nitrogen functional groups attached to an aromatic ring is 1. The fourth-order valence-electron chi connectivity index (χ4n) is 10.7. The third kappa shape index (κ3) is 17.6. The molecule has 0 radical (unpaired) electrons. The average Bonchev–Trinajstić information content (AvgIpc) is 1.64. The summed E-state index contributed by atoms with van der Waals surface area (Å²) in [5, 5.41) is 35.3. The quantitative estimate of drug-likeness (QED) is 0.0222. The number of nitro benzene ring substituents is 2. The van der Waals surface area contributed by atoms with E-state index in [1.807, 2.05) is 6.08 Å². The van der Waals surface area contributed by atoms with Crippen molar-refractivity contribution in [3.63, 3.8) is 0 Å². The van der Waals surface area contributed by atoms with Crippen molar-refractivity contribution in [3.05, 3.63) is 197 Å². The molecule has 0 spiro atoms. The van der Waals surface area contributed by atoms with Crippen LogP contribution < -0.4 is 44.4 Å². The van der Waals surface area contributed by atoms with Gasteiger partial charge in [-0.05, 0) is 108 Å². The number of nitrogens with zero attached hydrogens (tertiary/aromatic N) is 9. The van der Waals surface area contributed by atoms with Crippen LogP contribution in [0, 0.1) is 31.9 Å². The average molecular weight is 1870 g/mol. The van der Waals surface area contributed by atoms with Gasteiger partial charge in [-0.3, -0.25) is 25.2 Å². The summed E-state index contributed by atoms with van der Waals surface area (Å²) in [6.45, 7) is 4.36. The number of para-hydroxylation sites is 3. The number of aryl methyl sites for hydroxylation is 6. The van der Waals surface area contributed by atoms with E-state index >= 15 is 0 Å². The Bertz CT molecular complexity index is 4190. The predicted octanol–water partition coefficient (Wildman–Crippen LogP) is 14.7. The summed E-state index contributed by atoms with van der Waals surface area (Å²) in [7, 11) is 2.62. The van der Waals surface area contributed by atoms with E-state index in [2.05, 4.69) is 214 Å². The van der Waals surface area contributed by atoms with Crippen LogP contribution in [0.25, 0.3) is 44.1 Å². The van der Waals surface area contributed by atoms with E-state index in [1.165, 1.54) is 108 Å². The van der Waals surface area contributed by atoms with E-state index in [9.17, 15) is 29.0 Å². The number of hydrogen-bond donors (Lipinski definition) is 4. The molecule has 0 atom stereocenters. The maximum absolute atomic E-state index is 13.9. The van der Waals surface area contributed by atoms with Crippen molar-refractivity contribution < 1.29 is 41.4 Å². The maximum atomic E-state index is 13.9. The third-order valence-corrected chi connectivity index (χ3v) is 15.3. The molecule has 0 aliphatic carbocycles. The Morgan fingerprint density at radius 3 is 1.78 bits per heavy atom. The molecule has 9 heterocycles. The van der Waals surface area contributed by atoms with Crippen molar-refractivity contribution in [1.82, 2.24) is 34.3 Å². The Morgan fingerprint density at radius 2 is 1.26 bits per heavy atom. The molecule has 9 aromatic rings. The predicted molar refractivity (Wildman–Crippen MR) is 391 cm³/mol. The standard InChI is InChI=1S/C22H20FN5O3.C15H14ClN3.C11H11N.C7H6ClFN2O3.C4H2Cl2N2.CH4.I3.I2/c1-31-20-10-16(23)19(28(29)30)11-18(20)26-22-24-8-7-17(25-22)15-12-27-9-3-5-13-4-2-6-14(15)21(13)27;16-15-17-7-6-13(18-15)12-9-19-8-2-4-10-3-1-5-11(12)14(10)19;1-3-9-5-2-7-12-8-6-10(4-1)11(9)12;1-14-7-3(10)2-4(11(12)13)6(9)5(7)8;5-3-1-2-7-4(6)8-3;;1-3-2;1-2/h2,4,6-7,10-12H,3,5,8-9H2,1H3,(H2,24,25,26);1,3,5-6,9H,2,4,7-8H2,(H,17,18);1,3-4,6,8H,2,5,7H2;2H,10H2,1H3;1-2H;1H4;;/q;;;;;;-1;. The molecule has 30 heteroatoms. The number of aromatic nitrogens is 5. The Balaban J connectivity index is 0.000000168. The number of anilines is 2. The topological polar surface area (TPSA) is 232 Å². The molecule has 5 aromatic carbocycles. The number of aliphatic imine (C=N–C) groups is 2. The minimum absolute atomic E-state index is 0. The van der Waals surface area contributed by atoms with Gasteiger partial charge >= 0.3 is 61.9 Å².